The van der Waals surface area contributed by atoms with Gasteiger partial charge in [0.25, 0.3) is 0 Å². The Bertz CT molecular complexity index is 842. The summed E-state index contributed by atoms with van der Waals surface area (Å²) in [5.41, 5.74) is 1.27. The average molecular weight is 471 g/mol. The van der Waals surface area contributed by atoms with E-state index in [0.717, 1.165) is 32.5 Å². The van der Waals surface area contributed by atoms with Crippen molar-refractivity contribution in [2.75, 3.05) is 45.9 Å². The van der Waals surface area contributed by atoms with Crippen molar-refractivity contribution in [3.05, 3.63) is 35.9 Å². The zero-order valence-electron chi connectivity index (χ0n) is 20.2. The van der Waals surface area contributed by atoms with E-state index in [9.17, 15) is 14.4 Å². The number of benzene rings is 1. The van der Waals surface area contributed by atoms with E-state index in [1.807, 2.05) is 18.2 Å². The van der Waals surface area contributed by atoms with Gasteiger partial charge in [0.05, 0.1) is 6.54 Å². The number of nitrogens with zero attached hydrogens (tertiary/aromatic N) is 2. The topological polar surface area (TPSA) is 91.0 Å². The van der Waals surface area contributed by atoms with Crippen LogP contribution in [-0.4, -0.2) is 79.5 Å². The van der Waals surface area contributed by atoms with Crippen molar-refractivity contribution in [1.82, 2.24) is 20.4 Å². The molecule has 0 spiro atoms. The molecule has 3 fully saturated rings. The van der Waals surface area contributed by atoms with Gasteiger partial charge >= 0.3 is 0 Å². The first-order valence-electron chi connectivity index (χ1n) is 12.7. The Hall–Kier alpha value is -2.45. The normalized spacial score (nSPS) is 25.5. The summed E-state index contributed by atoms with van der Waals surface area (Å²) in [6, 6.07) is 10.3. The number of carbonyl (C=O) groups excluding carboxylic acids is 3. The molecule has 0 aromatic heterocycles. The SMILES string of the molecule is CCN(CCNC(=O)[C@H]1C[C@@H]2CN(C(=O)C3CCOCC3)CC(=O)N[C@@H]2C1)Cc1ccccc1. The van der Waals surface area contributed by atoms with Crippen molar-refractivity contribution in [3.63, 3.8) is 0 Å². The summed E-state index contributed by atoms with van der Waals surface area (Å²) in [4.78, 5) is 42.5. The van der Waals surface area contributed by atoms with Crippen molar-refractivity contribution in [3.8, 4) is 0 Å². The van der Waals surface area contributed by atoms with Crippen LogP contribution in [0.1, 0.15) is 38.2 Å². The Labute approximate surface area is 202 Å². The highest BCUT2D eigenvalue weighted by Crippen LogP contribution is 2.34. The molecule has 0 bridgehead atoms. The van der Waals surface area contributed by atoms with Gasteiger partial charge in [0.15, 0.2) is 0 Å². The Morgan fingerprint density at radius 1 is 1.15 bits per heavy atom. The minimum absolute atomic E-state index is 0.0408. The fourth-order valence-electron chi connectivity index (χ4n) is 5.53. The molecule has 4 rings (SSSR count). The van der Waals surface area contributed by atoms with Gasteiger partial charge in [-0.15, -0.1) is 0 Å². The molecule has 186 valence electrons. The highest BCUT2D eigenvalue weighted by atomic mass is 16.5. The van der Waals surface area contributed by atoms with Gasteiger partial charge in [0, 0.05) is 57.3 Å². The second kappa shape index (κ2) is 11.8. The standard InChI is InChI=1S/C26H38N4O4/c1-2-29(16-19-6-4-3-5-7-19)11-10-27-25(32)21-14-22-17-30(18-24(31)28-23(22)15-21)26(33)20-8-12-34-13-9-20/h3-7,20-23H,2,8-18H2,1H3,(H,27,32)(H,28,31)/t21-,22+,23+/m0/s1. The maximum Gasteiger partial charge on any atom is 0.239 e. The molecule has 1 saturated carbocycles. The summed E-state index contributed by atoms with van der Waals surface area (Å²) in [6.45, 7) is 7.18. The lowest BCUT2D eigenvalue weighted by atomic mass is 9.97. The van der Waals surface area contributed by atoms with Crippen LogP contribution in [0, 0.1) is 17.8 Å². The number of fused-ring (bicyclic) bond motifs is 1. The van der Waals surface area contributed by atoms with Gasteiger partial charge in [-0.3, -0.25) is 19.3 Å². The molecular weight excluding hydrogens is 432 g/mol. The molecule has 2 saturated heterocycles. The molecule has 0 radical (unpaired) electrons. The number of ether oxygens (including phenoxy) is 1. The Morgan fingerprint density at radius 3 is 2.65 bits per heavy atom. The lowest BCUT2D eigenvalue weighted by Crippen LogP contribution is -2.43. The van der Waals surface area contributed by atoms with Crippen molar-refractivity contribution in [2.45, 2.75) is 45.2 Å². The number of rotatable bonds is 8. The Morgan fingerprint density at radius 2 is 1.91 bits per heavy atom. The van der Waals surface area contributed by atoms with Gasteiger partial charge in [-0.05, 0) is 43.7 Å². The molecule has 1 aromatic rings. The number of hydrogen-bond donors (Lipinski definition) is 2. The van der Waals surface area contributed by atoms with Gasteiger partial charge in [0.1, 0.15) is 0 Å². The first kappa shape index (κ1) is 24.7. The van der Waals surface area contributed by atoms with Crippen molar-refractivity contribution < 1.29 is 19.1 Å². The first-order chi connectivity index (χ1) is 16.5. The molecule has 1 aliphatic carbocycles. The molecule has 1 aromatic carbocycles. The highest BCUT2D eigenvalue weighted by Gasteiger charge is 2.42. The van der Waals surface area contributed by atoms with Crippen molar-refractivity contribution in [1.29, 1.82) is 0 Å². The molecule has 0 unspecified atom stereocenters. The largest absolute Gasteiger partial charge is 0.381 e. The van der Waals surface area contributed by atoms with Crippen LogP contribution >= 0.6 is 0 Å². The second-order valence-electron chi connectivity index (χ2n) is 9.85. The molecule has 2 N–H and O–H groups in total. The van der Waals surface area contributed by atoms with E-state index in [2.05, 4.69) is 34.6 Å². The van der Waals surface area contributed by atoms with Crippen LogP contribution in [-0.2, 0) is 25.7 Å². The minimum Gasteiger partial charge on any atom is -0.381 e. The van der Waals surface area contributed by atoms with E-state index in [1.54, 1.807) is 4.90 Å². The van der Waals surface area contributed by atoms with Gasteiger partial charge in [0.2, 0.25) is 17.7 Å². The predicted octanol–water partition coefficient (Wildman–Crippen LogP) is 1.40. The third-order valence-corrected chi connectivity index (χ3v) is 7.51. The Balaban J connectivity index is 1.26. The third-order valence-electron chi connectivity index (χ3n) is 7.51. The zero-order valence-corrected chi connectivity index (χ0v) is 20.2. The molecule has 2 aliphatic heterocycles. The average Bonchev–Trinajstić information content (AvgIpc) is 3.18. The van der Waals surface area contributed by atoms with Crippen LogP contribution in [0.5, 0.6) is 0 Å². The van der Waals surface area contributed by atoms with Crippen molar-refractivity contribution >= 4 is 17.7 Å². The molecule has 8 heteroatoms. The van der Waals surface area contributed by atoms with Crippen LogP contribution < -0.4 is 10.6 Å². The number of amides is 3. The van der Waals surface area contributed by atoms with Gasteiger partial charge in [-0.2, -0.15) is 0 Å². The van der Waals surface area contributed by atoms with E-state index in [1.165, 1.54) is 5.56 Å². The van der Waals surface area contributed by atoms with Crippen LogP contribution in [0.2, 0.25) is 0 Å². The zero-order chi connectivity index (χ0) is 23.9. The lowest BCUT2D eigenvalue weighted by Gasteiger charge is -2.29. The maximum atomic E-state index is 13.0. The summed E-state index contributed by atoms with van der Waals surface area (Å²) < 4.78 is 5.38. The summed E-state index contributed by atoms with van der Waals surface area (Å²) in [7, 11) is 0. The van der Waals surface area contributed by atoms with E-state index in [-0.39, 0.29) is 48.1 Å². The molecule has 2 heterocycles. The first-order valence-corrected chi connectivity index (χ1v) is 12.7. The van der Waals surface area contributed by atoms with Crippen LogP contribution in [0.3, 0.4) is 0 Å². The number of hydrogen-bond acceptors (Lipinski definition) is 5. The summed E-state index contributed by atoms with van der Waals surface area (Å²) in [5.74, 6) is -0.0659. The van der Waals surface area contributed by atoms with Crippen molar-refractivity contribution in [2.24, 2.45) is 17.8 Å². The predicted molar refractivity (Wildman–Crippen MR) is 129 cm³/mol. The highest BCUT2D eigenvalue weighted by molar-refractivity contribution is 5.87. The fraction of sp³-hybridized carbons (Fsp3) is 0.654. The van der Waals surface area contributed by atoms with Gasteiger partial charge in [-0.25, -0.2) is 0 Å². The molecule has 3 amide bonds. The molecule has 8 nitrogen and oxygen atoms in total. The summed E-state index contributed by atoms with van der Waals surface area (Å²) in [5, 5.41) is 6.19. The van der Waals surface area contributed by atoms with E-state index < -0.39 is 0 Å². The van der Waals surface area contributed by atoms with Gasteiger partial charge in [-0.1, -0.05) is 37.3 Å². The van der Waals surface area contributed by atoms with E-state index >= 15 is 0 Å². The maximum absolute atomic E-state index is 13.0. The second-order valence-corrected chi connectivity index (χ2v) is 9.85. The lowest BCUT2D eigenvalue weighted by molar-refractivity contribution is -0.141. The minimum atomic E-state index is -0.127. The quantitative estimate of drug-likeness (QED) is 0.600. The fourth-order valence-corrected chi connectivity index (χ4v) is 5.53. The van der Waals surface area contributed by atoms with E-state index in [4.69, 9.17) is 4.74 Å². The van der Waals surface area contributed by atoms with Crippen LogP contribution in [0.25, 0.3) is 0 Å². The number of carbonyl (C=O) groups is 3. The van der Waals surface area contributed by atoms with Crippen LogP contribution in [0.15, 0.2) is 30.3 Å². The number of nitrogens with one attached hydrogen (secondary N) is 2. The molecular formula is C26H38N4O4. The molecule has 34 heavy (non-hydrogen) atoms. The third kappa shape index (κ3) is 6.36. The molecule has 3 atom stereocenters. The Kier molecular flexibility index (Phi) is 8.56. The summed E-state index contributed by atoms with van der Waals surface area (Å²) in [6.07, 6.45) is 2.78. The monoisotopic (exact) mass is 470 g/mol. The van der Waals surface area contributed by atoms with E-state index in [0.29, 0.717) is 39.1 Å². The van der Waals surface area contributed by atoms with Gasteiger partial charge < -0.3 is 20.3 Å². The number of likely N-dealkylation sites (N-methyl/N-ethyl adjacent to an activating group) is 1. The molecule has 3 aliphatic rings. The summed E-state index contributed by atoms with van der Waals surface area (Å²) >= 11 is 0. The van der Waals surface area contributed by atoms with Crippen LogP contribution in [0.4, 0.5) is 0 Å². The smallest absolute Gasteiger partial charge is 0.239 e.